The number of benzene rings is 1. The van der Waals surface area contributed by atoms with Crippen LogP contribution in [0.4, 0.5) is 5.13 Å². The molecule has 2 unspecified atom stereocenters. The van der Waals surface area contributed by atoms with Crippen LogP contribution in [-0.2, 0) is 10.0 Å². The van der Waals surface area contributed by atoms with Crippen LogP contribution in [0.3, 0.4) is 0 Å². The van der Waals surface area contributed by atoms with Crippen molar-refractivity contribution in [2.75, 3.05) is 38.2 Å². The predicted octanol–water partition coefficient (Wildman–Crippen LogP) is 3.76. The molecular formula is C21H24ClN3O3S2. The van der Waals surface area contributed by atoms with Crippen molar-refractivity contribution in [3.8, 4) is 17.0 Å². The van der Waals surface area contributed by atoms with E-state index in [1.54, 1.807) is 54.0 Å². The smallest absolute Gasteiger partial charge is 0.222 e. The van der Waals surface area contributed by atoms with Crippen molar-refractivity contribution in [3.05, 3.63) is 53.9 Å². The first-order valence-corrected chi connectivity index (χ1v) is 12.5. The number of alkyl halides is 1. The van der Waals surface area contributed by atoms with E-state index in [1.165, 1.54) is 0 Å². The predicted molar refractivity (Wildman–Crippen MR) is 123 cm³/mol. The molecule has 1 aromatic heterocycles. The number of halogens is 1. The summed E-state index contributed by atoms with van der Waals surface area (Å²) in [4.78, 5) is 5.96. The number of para-hydroxylation sites is 1. The zero-order chi connectivity index (χ0) is 21.4. The van der Waals surface area contributed by atoms with Crippen molar-refractivity contribution in [1.29, 1.82) is 0 Å². The van der Waals surface area contributed by atoms with Crippen molar-refractivity contribution in [1.82, 2.24) is 9.29 Å². The van der Waals surface area contributed by atoms with Crippen LogP contribution in [0.2, 0.25) is 0 Å². The second kappa shape index (κ2) is 8.34. The topological polar surface area (TPSA) is 62.7 Å². The van der Waals surface area contributed by atoms with Crippen LogP contribution in [0.25, 0.3) is 11.3 Å². The Labute approximate surface area is 186 Å². The van der Waals surface area contributed by atoms with Crippen molar-refractivity contribution in [3.63, 3.8) is 0 Å². The summed E-state index contributed by atoms with van der Waals surface area (Å²) >= 11 is 8.04. The third-order valence-electron chi connectivity index (χ3n) is 5.44. The lowest BCUT2D eigenvalue weighted by molar-refractivity contribution is 0.379. The van der Waals surface area contributed by atoms with Gasteiger partial charge in [0.25, 0.3) is 0 Å². The summed E-state index contributed by atoms with van der Waals surface area (Å²) in [6.45, 7) is 3.73. The first kappa shape index (κ1) is 21.4. The molecule has 9 heteroatoms. The standard InChI is InChI=1S/C21H24ClN3O3S2/c1-21(22)10-6-5-9-19(21)30(26,27)25-13-11-24(12-14-25)20-23-17(15-29-20)16-7-3-4-8-18(16)28-2/h3-10,15,19H,11-14H2,1-2H3. The Bertz CT molecular complexity index is 1070. The number of piperazine rings is 1. The molecule has 1 saturated heterocycles. The minimum absolute atomic E-state index is 0.410. The van der Waals surface area contributed by atoms with Gasteiger partial charge in [-0.2, -0.15) is 4.31 Å². The van der Waals surface area contributed by atoms with Gasteiger partial charge in [-0.05, 0) is 19.1 Å². The lowest BCUT2D eigenvalue weighted by atomic mass is 10.0. The van der Waals surface area contributed by atoms with Gasteiger partial charge in [0.2, 0.25) is 10.0 Å². The number of thiazole rings is 1. The molecule has 2 aromatic rings. The molecule has 0 N–H and O–H groups in total. The molecular weight excluding hydrogens is 442 g/mol. The van der Waals surface area contributed by atoms with E-state index in [1.807, 2.05) is 29.6 Å². The van der Waals surface area contributed by atoms with E-state index in [2.05, 4.69) is 4.90 Å². The number of allylic oxidation sites excluding steroid dienone is 3. The normalized spacial score (nSPS) is 24.9. The second-order valence-electron chi connectivity index (χ2n) is 7.46. The number of methoxy groups -OCH3 is 1. The zero-order valence-corrected chi connectivity index (χ0v) is 19.3. The summed E-state index contributed by atoms with van der Waals surface area (Å²) in [5.74, 6) is 0.781. The Balaban J connectivity index is 1.46. The SMILES string of the molecule is COc1ccccc1-c1csc(N2CCN(S(=O)(=O)C3C=CC=CC3(C)Cl)CC2)n1. The van der Waals surface area contributed by atoms with E-state index in [-0.39, 0.29) is 0 Å². The zero-order valence-electron chi connectivity index (χ0n) is 16.9. The number of nitrogens with zero attached hydrogens (tertiary/aromatic N) is 3. The van der Waals surface area contributed by atoms with Gasteiger partial charge in [-0.25, -0.2) is 13.4 Å². The fraction of sp³-hybridized carbons (Fsp3) is 0.381. The Kier molecular flexibility index (Phi) is 5.94. The van der Waals surface area contributed by atoms with Crippen LogP contribution in [0.5, 0.6) is 5.75 Å². The van der Waals surface area contributed by atoms with Gasteiger partial charge >= 0.3 is 0 Å². The van der Waals surface area contributed by atoms with Crippen LogP contribution in [0.15, 0.2) is 53.9 Å². The maximum atomic E-state index is 13.2. The summed E-state index contributed by atoms with van der Waals surface area (Å²) in [5, 5.41) is 2.13. The molecule has 0 saturated carbocycles. The lowest BCUT2D eigenvalue weighted by Gasteiger charge is -2.38. The average molecular weight is 466 g/mol. The van der Waals surface area contributed by atoms with Crippen molar-refractivity contribution < 1.29 is 13.2 Å². The number of aromatic nitrogens is 1. The van der Waals surface area contributed by atoms with Crippen LogP contribution >= 0.6 is 22.9 Å². The van der Waals surface area contributed by atoms with Gasteiger partial charge < -0.3 is 9.64 Å². The molecule has 6 nitrogen and oxygen atoms in total. The van der Waals surface area contributed by atoms with E-state index in [0.29, 0.717) is 26.2 Å². The maximum Gasteiger partial charge on any atom is 0.222 e. The quantitative estimate of drug-likeness (QED) is 0.629. The first-order valence-electron chi connectivity index (χ1n) is 9.71. The number of anilines is 1. The number of hydrogen-bond donors (Lipinski definition) is 0. The van der Waals surface area contributed by atoms with E-state index in [0.717, 1.165) is 22.1 Å². The highest BCUT2D eigenvalue weighted by atomic mass is 35.5. The van der Waals surface area contributed by atoms with E-state index in [4.69, 9.17) is 21.3 Å². The summed E-state index contributed by atoms with van der Waals surface area (Å²) in [6, 6.07) is 7.79. The molecule has 4 rings (SSSR count). The molecule has 2 aliphatic rings. The minimum atomic E-state index is -3.54. The van der Waals surface area contributed by atoms with Crippen molar-refractivity contribution >= 4 is 38.1 Å². The maximum absolute atomic E-state index is 13.2. The fourth-order valence-corrected chi connectivity index (χ4v) is 7.07. The molecule has 0 amide bonds. The number of hydrogen-bond acceptors (Lipinski definition) is 6. The monoisotopic (exact) mass is 465 g/mol. The van der Waals surface area contributed by atoms with Gasteiger partial charge in [-0.15, -0.1) is 22.9 Å². The third-order valence-corrected chi connectivity index (χ3v) is 9.21. The number of rotatable bonds is 5. The molecule has 1 aromatic carbocycles. The molecule has 160 valence electrons. The lowest BCUT2D eigenvalue weighted by Crippen LogP contribution is -2.54. The second-order valence-corrected chi connectivity index (χ2v) is 11.2. The number of sulfonamides is 1. The highest BCUT2D eigenvalue weighted by Crippen LogP contribution is 2.35. The van der Waals surface area contributed by atoms with Gasteiger partial charge in [0.1, 0.15) is 11.0 Å². The van der Waals surface area contributed by atoms with E-state index >= 15 is 0 Å². The minimum Gasteiger partial charge on any atom is -0.496 e. The Morgan fingerprint density at radius 2 is 1.93 bits per heavy atom. The molecule has 30 heavy (non-hydrogen) atoms. The fourth-order valence-electron chi connectivity index (χ4n) is 3.77. The van der Waals surface area contributed by atoms with Crippen LogP contribution < -0.4 is 9.64 Å². The Morgan fingerprint density at radius 1 is 1.20 bits per heavy atom. The molecule has 1 fully saturated rings. The molecule has 0 spiro atoms. The van der Waals surface area contributed by atoms with E-state index < -0.39 is 20.1 Å². The van der Waals surface area contributed by atoms with Crippen LogP contribution in [0, 0.1) is 0 Å². The summed E-state index contributed by atoms with van der Waals surface area (Å²) in [5.41, 5.74) is 1.81. The van der Waals surface area contributed by atoms with Crippen LogP contribution in [-0.4, -0.2) is 61.1 Å². The van der Waals surface area contributed by atoms with E-state index in [9.17, 15) is 8.42 Å². The molecule has 0 bridgehead atoms. The van der Waals surface area contributed by atoms with Gasteiger partial charge in [-0.3, -0.25) is 0 Å². The van der Waals surface area contributed by atoms with Crippen molar-refractivity contribution in [2.45, 2.75) is 17.0 Å². The number of ether oxygens (including phenoxy) is 1. The molecule has 0 radical (unpaired) electrons. The van der Waals surface area contributed by atoms with Gasteiger partial charge in [-0.1, -0.05) is 36.4 Å². The molecule has 1 aliphatic carbocycles. The molecule has 1 aliphatic heterocycles. The average Bonchev–Trinajstić information content (AvgIpc) is 3.23. The Hall–Kier alpha value is -1.87. The molecule has 2 heterocycles. The summed E-state index contributed by atoms with van der Waals surface area (Å²) in [7, 11) is -1.89. The Morgan fingerprint density at radius 3 is 2.63 bits per heavy atom. The molecule has 2 atom stereocenters. The summed E-state index contributed by atoms with van der Waals surface area (Å²) < 4.78 is 33.3. The van der Waals surface area contributed by atoms with Gasteiger partial charge in [0.05, 0.1) is 17.7 Å². The highest BCUT2D eigenvalue weighted by Gasteiger charge is 2.43. The highest BCUT2D eigenvalue weighted by molar-refractivity contribution is 7.90. The van der Waals surface area contributed by atoms with Crippen molar-refractivity contribution in [2.24, 2.45) is 0 Å². The summed E-state index contributed by atoms with van der Waals surface area (Å²) in [6.07, 6.45) is 6.95. The van der Waals surface area contributed by atoms with Gasteiger partial charge in [0.15, 0.2) is 5.13 Å². The first-order chi connectivity index (χ1) is 14.3. The largest absolute Gasteiger partial charge is 0.496 e. The van der Waals surface area contributed by atoms with Gasteiger partial charge in [0, 0.05) is 37.1 Å². The van der Waals surface area contributed by atoms with Crippen LogP contribution in [0.1, 0.15) is 6.92 Å². The third kappa shape index (κ3) is 4.01.